The van der Waals surface area contributed by atoms with E-state index in [2.05, 4.69) is 21.7 Å². The normalized spacial score (nSPS) is 27.0. The van der Waals surface area contributed by atoms with Crippen LogP contribution in [0.2, 0.25) is 0 Å². The molecule has 15 heavy (non-hydrogen) atoms. The predicted molar refractivity (Wildman–Crippen MR) is 64.2 cm³/mol. The van der Waals surface area contributed by atoms with Crippen molar-refractivity contribution < 1.29 is 0 Å². The van der Waals surface area contributed by atoms with E-state index in [-0.39, 0.29) is 0 Å². The number of hydrogen-bond donors (Lipinski definition) is 0. The van der Waals surface area contributed by atoms with Crippen molar-refractivity contribution in [3.8, 4) is 0 Å². The highest BCUT2D eigenvalue weighted by molar-refractivity contribution is 4.72. The molecule has 2 aliphatic heterocycles. The molecule has 0 radical (unpaired) electrons. The first-order valence-electron chi connectivity index (χ1n) is 6.48. The number of rotatable bonds is 3. The summed E-state index contributed by atoms with van der Waals surface area (Å²) >= 11 is 0. The van der Waals surface area contributed by atoms with Crippen LogP contribution in [0.3, 0.4) is 0 Å². The maximum Gasteiger partial charge on any atom is 0.0110 e. The Morgan fingerprint density at radius 1 is 0.667 bits per heavy atom. The van der Waals surface area contributed by atoms with Crippen molar-refractivity contribution in [1.82, 2.24) is 14.7 Å². The molecule has 2 rings (SSSR count). The topological polar surface area (TPSA) is 9.72 Å². The zero-order valence-corrected chi connectivity index (χ0v) is 10.1. The fourth-order valence-corrected chi connectivity index (χ4v) is 2.54. The Kier molecular flexibility index (Phi) is 4.42. The molecule has 0 N–H and O–H groups in total. The average molecular weight is 211 g/mol. The highest BCUT2D eigenvalue weighted by Crippen LogP contribution is 2.08. The largest absolute Gasteiger partial charge is 0.304 e. The summed E-state index contributed by atoms with van der Waals surface area (Å²) in [5.74, 6) is 0. The van der Waals surface area contributed by atoms with E-state index in [9.17, 15) is 0 Å². The fourth-order valence-electron chi connectivity index (χ4n) is 2.54. The lowest BCUT2D eigenvalue weighted by Gasteiger charge is -2.34. The van der Waals surface area contributed by atoms with E-state index < -0.39 is 0 Å². The molecule has 0 spiro atoms. The molecule has 0 saturated carbocycles. The van der Waals surface area contributed by atoms with Crippen LogP contribution in [0.5, 0.6) is 0 Å². The van der Waals surface area contributed by atoms with E-state index in [1.54, 1.807) is 0 Å². The number of piperidine rings is 1. The van der Waals surface area contributed by atoms with Crippen LogP contribution in [0.15, 0.2) is 0 Å². The fraction of sp³-hybridized carbons (Fsp3) is 1.00. The molecule has 0 aliphatic carbocycles. The number of piperazine rings is 1. The van der Waals surface area contributed by atoms with Gasteiger partial charge in [-0.25, -0.2) is 0 Å². The summed E-state index contributed by atoms with van der Waals surface area (Å²) in [6.07, 6.45) is 4.29. The Labute approximate surface area is 94.0 Å². The van der Waals surface area contributed by atoms with Gasteiger partial charge in [-0.2, -0.15) is 0 Å². The molecular weight excluding hydrogens is 186 g/mol. The van der Waals surface area contributed by atoms with Crippen LogP contribution in [0, 0.1) is 0 Å². The second-order valence-electron chi connectivity index (χ2n) is 5.05. The Bertz CT molecular complexity index is 170. The predicted octanol–water partition coefficient (Wildman–Crippen LogP) is 0.720. The first-order valence-corrected chi connectivity index (χ1v) is 6.48. The van der Waals surface area contributed by atoms with Gasteiger partial charge in [0.05, 0.1) is 0 Å². The molecule has 2 fully saturated rings. The van der Waals surface area contributed by atoms with Gasteiger partial charge in [-0.3, -0.25) is 4.90 Å². The van der Waals surface area contributed by atoms with Crippen molar-refractivity contribution >= 4 is 0 Å². The first kappa shape index (κ1) is 11.4. The molecule has 88 valence electrons. The summed E-state index contributed by atoms with van der Waals surface area (Å²) in [6, 6.07) is 0. The van der Waals surface area contributed by atoms with E-state index >= 15 is 0 Å². The van der Waals surface area contributed by atoms with Gasteiger partial charge in [0.15, 0.2) is 0 Å². The summed E-state index contributed by atoms with van der Waals surface area (Å²) in [7, 11) is 2.22. The molecule has 3 nitrogen and oxygen atoms in total. The third-order valence-corrected chi connectivity index (χ3v) is 3.78. The van der Waals surface area contributed by atoms with Crippen molar-refractivity contribution in [2.45, 2.75) is 19.3 Å². The third kappa shape index (κ3) is 3.74. The van der Waals surface area contributed by atoms with Crippen molar-refractivity contribution in [2.75, 3.05) is 59.4 Å². The monoisotopic (exact) mass is 211 g/mol. The lowest BCUT2D eigenvalue weighted by molar-refractivity contribution is 0.128. The second kappa shape index (κ2) is 5.83. The summed E-state index contributed by atoms with van der Waals surface area (Å²) < 4.78 is 0. The molecule has 2 aliphatic rings. The van der Waals surface area contributed by atoms with Gasteiger partial charge in [-0.1, -0.05) is 6.42 Å². The smallest absolute Gasteiger partial charge is 0.0110 e. The van der Waals surface area contributed by atoms with Crippen LogP contribution in [0.25, 0.3) is 0 Å². The molecule has 0 aromatic heterocycles. The number of hydrogen-bond acceptors (Lipinski definition) is 3. The first-order chi connectivity index (χ1) is 7.34. The third-order valence-electron chi connectivity index (χ3n) is 3.78. The average Bonchev–Trinajstić information content (AvgIpc) is 2.30. The van der Waals surface area contributed by atoms with E-state index in [4.69, 9.17) is 0 Å². The van der Waals surface area contributed by atoms with Crippen molar-refractivity contribution in [3.63, 3.8) is 0 Å². The molecule has 0 unspecified atom stereocenters. The standard InChI is InChI=1S/C12H25N3/c1-13-7-9-15(10-8-13)12-11-14-5-3-2-4-6-14/h2-12H2,1H3. The maximum absolute atomic E-state index is 2.64. The summed E-state index contributed by atoms with van der Waals surface area (Å²) in [4.78, 5) is 7.69. The minimum atomic E-state index is 1.25. The van der Waals surface area contributed by atoms with E-state index in [1.807, 2.05) is 0 Å². The van der Waals surface area contributed by atoms with Gasteiger partial charge in [-0.05, 0) is 33.0 Å². The quantitative estimate of drug-likeness (QED) is 0.681. The number of likely N-dealkylation sites (N-methyl/N-ethyl adjacent to an activating group) is 1. The highest BCUT2D eigenvalue weighted by Gasteiger charge is 2.15. The molecule has 2 heterocycles. The van der Waals surface area contributed by atoms with Gasteiger partial charge < -0.3 is 9.80 Å². The highest BCUT2D eigenvalue weighted by atomic mass is 15.3. The zero-order valence-electron chi connectivity index (χ0n) is 10.1. The van der Waals surface area contributed by atoms with Crippen molar-refractivity contribution in [2.24, 2.45) is 0 Å². The van der Waals surface area contributed by atoms with Gasteiger partial charge in [0, 0.05) is 39.3 Å². The zero-order chi connectivity index (χ0) is 10.5. The Balaban J connectivity index is 1.60. The van der Waals surface area contributed by atoms with Gasteiger partial charge in [0.25, 0.3) is 0 Å². The maximum atomic E-state index is 2.64. The van der Waals surface area contributed by atoms with Crippen LogP contribution in [-0.4, -0.2) is 74.1 Å². The summed E-state index contributed by atoms with van der Waals surface area (Å²) in [6.45, 7) is 10.3. The molecule has 0 amide bonds. The second-order valence-corrected chi connectivity index (χ2v) is 5.05. The van der Waals surface area contributed by atoms with Crippen LogP contribution < -0.4 is 0 Å². The Morgan fingerprint density at radius 3 is 1.80 bits per heavy atom. The lowest BCUT2D eigenvalue weighted by Crippen LogP contribution is -2.47. The van der Waals surface area contributed by atoms with Gasteiger partial charge >= 0.3 is 0 Å². The van der Waals surface area contributed by atoms with Gasteiger partial charge in [0.2, 0.25) is 0 Å². The number of likely N-dealkylation sites (tertiary alicyclic amines) is 1. The van der Waals surface area contributed by atoms with Crippen LogP contribution in [0.1, 0.15) is 19.3 Å². The van der Waals surface area contributed by atoms with Crippen LogP contribution in [-0.2, 0) is 0 Å². The van der Waals surface area contributed by atoms with Crippen LogP contribution in [0.4, 0.5) is 0 Å². The molecular formula is C12H25N3. The molecule has 0 aromatic rings. The molecule has 0 bridgehead atoms. The Hall–Kier alpha value is -0.120. The van der Waals surface area contributed by atoms with E-state index in [0.29, 0.717) is 0 Å². The van der Waals surface area contributed by atoms with Crippen molar-refractivity contribution in [3.05, 3.63) is 0 Å². The summed E-state index contributed by atoms with van der Waals surface area (Å²) in [5, 5.41) is 0. The van der Waals surface area contributed by atoms with Crippen molar-refractivity contribution in [1.29, 1.82) is 0 Å². The molecule has 0 aromatic carbocycles. The van der Waals surface area contributed by atoms with Gasteiger partial charge in [0.1, 0.15) is 0 Å². The number of nitrogens with zero attached hydrogens (tertiary/aromatic N) is 3. The SMILES string of the molecule is CN1CCN(CCN2CCCCC2)CC1. The van der Waals surface area contributed by atoms with E-state index in [0.717, 1.165) is 0 Å². The summed E-state index contributed by atoms with van der Waals surface area (Å²) in [5.41, 5.74) is 0. The van der Waals surface area contributed by atoms with E-state index in [1.165, 1.54) is 71.6 Å². The molecule has 0 atom stereocenters. The minimum absolute atomic E-state index is 1.25. The van der Waals surface area contributed by atoms with Gasteiger partial charge in [-0.15, -0.1) is 0 Å². The Morgan fingerprint density at radius 2 is 1.20 bits per heavy atom. The minimum Gasteiger partial charge on any atom is -0.304 e. The molecule has 3 heteroatoms. The molecule has 2 saturated heterocycles. The lowest BCUT2D eigenvalue weighted by atomic mass is 10.1. The van der Waals surface area contributed by atoms with Crippen LogP contribution >= 0.6 is 0 Å².